The molecule has 0 atom stereocenters. The van der Waals surface area contributed by atoms with Crippen molar-refractivity contribution >= 4 is 33.0 Å². The third-order valence-electron chi connectivity index (χ3n) is 2.89. The van der Waals surface area contributed by atoms with Gasteiger partial charge >= 0.3 is 0 Å². The minimum Gasteiger partial charge on any atom is -0.382 e. The predicted molar refractivity (Wildman–Crippen MR) is 90.1 cm³/mol. The Morgan fingerprint density at radius 2 is 2.24 bits per heavy atom. The van der Waals surface area contributed by atoms with Gasteiger partial charge in [-0.3, -0.25) is 4.79 Å². The molecule has 0 fully saturated rings. The lowest BCUT2D eigenvalue weighted by atomic mass is 10.2. The molecule has 0 aliphatic carbocycles. The van der Waals surface area contributed by atoms with Crippen molar-refractivity contribution in [3.05, 3.63) is 37.1 Å². The SMILES string of the molecule is Cc1nc(CCNc2cnn(CC(C)C)c(=O)c2Br)cs1. The largest absolute Gasteiger partial charge is 0.382 e. The normalized spacial score (nSPS) is 11.1. The number of halogens is 1. The Morgan fingerprint density at radius 3 is 2.86 bits per heavy atom. The predicted octanol–water partition coefficient (Wildman–Crippen LogP) is 3.08. The molecule has 1 N–H and O–H groups in total. The molecule has 0 radical (unpaired) electrons. The maximum Gasteiger partial charge on any atom is 0.283 e. The number of hydrogen-bond donors (Lipinski definition) is 1. The first-order valence-corrected chi connectivity index (χ1v) is 8.55. The third kappa shape index (κ3) is 4.38. The van der Waals surface area contributed by atoms with Gasteiger partial charge in [0.1, 0.15) is 4.47 Å². The van der Waals surface area contributed by atoms with Gasteiger partial charge in [-0.2, -0.15) is 5.10 Å². The van der Waals surface area contributed by atoms with E-state index < -0.39 is 0 Å². The second-order valence-electron chi connectivity index (χ2n) is 5.29. The van der Waals surface area contributed by atoms with Crippen molar-refractivity contribution in [2.24, 2.45) is 5.92 Å². The van der Waals surface area contributed by atoms with E-state index in [4.69, 9.17) is 0 Å². The smallest absolute Gasteiger partial charge is 0.283 e. The molecule has 0 unspecified atom stereocenters. The molecule has 0 aliphatic rings. The summed E-state index contributed by atoms with van der Waals surface area (Å²) in [5, 5.41) is 10.6. The van der Waals surface area contributed by atoms with E-state index in [-0.39, 0.29) is 5.56 Å². The number of nitrogens with zero attached hydrogens (tertiary/aromatic N) is 3. The lowest BCUT2D eigenvalue weighted by molar-refractivity contribution is 0.462. The van der Waals surface area contributed by atoms with Crippen molar-refractivity contribution in [2.75, 3.05) is 11.9 Å². The summed E-state index contributed by atoms with van der Waals surface area (Å²) in [6.07, 6.45) is 2.52. The van der Waals surface area contributed by atoms with Crippen molar-refractivity contribution in [2.45, 2.75) is 33.7 Å². The Labute approximate surface area is 136 Å². The van der Waals surface area contributed by atoms with Gasteiger partial charge in [0.15, 0.2) is 0 Å². The van der Waals surface area contributed by atoms with Crippen LogP contribution in [0.4, 0.5) is 5.69 Å². The summed E-state index contributed by atoms with van der Waals surface area (Å²) in [6, 6.07) is 0. The highest BCUT2D eigenvalue weighted by Gasteiger charge is 2.09. The molecular formula is C14H19BrN4OS. The van der Waals surface area contributed by atoms with Crippen LogP contribution in [0.2, 0.25) is 0 Å². The Hall–Kier alpha value is -1.21. The summed E-state index contributed by atoms with van der Waals surface area (Å²) < 4.78 is 2.02. The summed E-state index contributed by atoms with van der Waals surface area (Å²) in [4.78, 5) is 16.6. The number of rotatable bonds is 6. The molecule has 2 heterocycles. The fourth-order valence-corrected chi connectivity index (χ4v) is 3.01. The number of aromatic nitrogens is 3. The van der Waals surface area contributed by atoms with E-state index in [2.05, 4.69) is 50.6 Å². The molecule has 114 valence electrons. The van der Waals surface area contributed by atoms with Gasteiger partial charge in [0.25, 0.3) is 5.56 Å². The highest BCUT2D eigenvalue weighted by atomic mass is 79.9. The first-order valence-electron chi connectivity index (χ1n) is 6.88. The van der Waals surface area contributed by atoms with E-state index in [0.29, 0.717) is 16.9 Å². The van der Waals surface area contributed by atoms with Crippen molar-refractivity contribution in [3.8, 4) is 0 Å². The van der Waals surface area contributed by atoms with Gasteiger partial charge in [0.2, 0.25) is 0 Å². The number of nitrogens with one attached hydrogen (secondary N) is 1. The quantitative estimate of drug-likeness (QED) is 0.848. The fourth-order valence-electron chi connectivity index (χ4n) is 1.91. The van der Waals surface area contributed by atoms with Crippen molar-refractivity contribution < 1.29 is 0 Å². The van der Waals surface area contributed by atoms with Crippen molar-refractivity contribution in [1.82, 2.24) is 14.8 Å². The summed E-state index contributed by atoms with van der Waals surface area (Å²) in [5.74, 6) is 0.383. The third-order valence-corrected chi connectivity index (χ3v) is 4.47. The van der Waals surface area contributed by atoms with Gasteiger partial charge in [-0.05, 0) is 28.8 Å². The minimum absolute atomic E-state index is 0.0989. The van der Waals surface area contributed by atoms with Crippen molar-refractivity contribution in [3.63, 3.8) is 0 Å². The number of aryl methyl sites for hydroxylation is 1. The maximum absolute atomic E-state index is 12.2. The molecule has 5 nitrogen and oxygen atoms in total. The zero-order chi connectivity index (χ0) is 15.4. The monoisotopic (exact) mass is 370 g/mol. The zero-order valence-electron chi connectivity index (χ0n) is 12.4. The maximum atomic E-state index is 12.2. The van der Waals surface area contributed by atoms with Crippen LogP contribution in [0.5, 0.6) is 0 Å². The van der Waals surface area contributed by atoms with Crippen LogP contribution >= 0.6 is 27.3 Å². The standard InChI is InChI=1S/C14H19BrN4OS/c1-9(2)7-19-14(20)13(15)12(6-17-19)16-5-4-11-8-21-10(3)18-11/h6,8-9,16H,4-5,7H2,1-3H3. The molecule has 0 saturated heterocycles. The Bertz CT molecular complexity index is 665. The zero-order valence-corrected chi connectivity index (χ0v) is 14.8. The topological polar surface area (TPSA) is 59.8 Å². The Balaban J connectivity index is 2.00. The Kier molecular flexibility index (Phi) is 5.52. The molecular weight excluding hydrogens is 352 g/mol. The number of anilines is 1. The lowest BCUT2D eigenvalue weighted by Gasteiger charge is -2.11. The molecule has 0 saturated carbocycles. The molecule has 0 bridgehead atoms. The van der Waals surface area contributed by atoms with E-state index in [1.165, 1.54) is 4.68 Å². The van der Waals surface area contributed by atoms with Crippen LogP contribution in [0.3, 0.4) is 0 Å². The van der Waals surface area contributed by atoms with Gasteiger partial charge in [0, 0.05) is 24.9 Å². The molecule has 0 aromatic carbocycles. The van der Waals surface area contributed by atoms with Gasteiger partial charge in [-0.1, -0.05) is 13.8 Å². The number of thiazole rings is 1. The van der Waals surface area contributed by atoms with Crippen LogP contribution in [0.1, 0.15) is 24.5 Å². The summed E-state index contributed by atoms with van der Waals surface area (Å²) >= 11 is 5.01. The molecule has 0 aliphatic heterocycles. The summed E-state index contributed by atoms with van der Waals surface area (Å²) in [6.45, 7) is 7.46. The van der Waals surface area contributed by atoms with E-state index in [1.54, 1.807) is 17.5 Å². The highest BCUT2D eigenvalue weighted by molar-refractivity contribution is 9.10. The van der Waals surface area contributed by atoms with E-state index in [9.17, 15) is 4.79 Å². The van der Waals surface area contributed by atoms with E-state index in [0.717, 1.165) is 29.4 Å². The average Bonchev–Trinajstić information content (AvgIpc) is 2.83. The lowest BCUT2D eigenvalue weighted by Crippen LogP contribution is -2.26. The molecule has 2 rings (SSSR count). The van der Waals surface area contributed by atoms with Crippen LogP contribution in [-0.4, -0.2) is 21.3 Å². The van der Waals surface area contributed by atoms with E-state index in [1.807, 2.05) is 6.92 Å². The Morgan fingerprint density at radius 1 is 1.48 bits per heavy atom. The number of hydrogen-bond acceptors (Lipinski definition) is 5. The first-order chi connectivity index (χ1) is 9.97. The fraction of sp³-hybridized carbons (Fsp3) is 0.500. The van der Waals surface area contributed by atoms with Crippen LogP contribution in [0.25, 0.3) is 0 Å². The summed E-state index contributed by atoms with van der Waals surface area (Å²) in [7, 11) is 0. The minimum atomic E-state index is -0.0989. The van der Waals surface area contributed by atoms with Crippen LogP contribution in [0.15, 0.2) is 20.8 Å². The van der Waals surface area contributed by atoms with Gasteiger partial charge in [-0.15, -0.1) is 11.3 Å². The van der Waals surface area contributed by atoms with Gasteiger partial charge < -0.3 is 5.32 Å². The van der Waals surface area contributed by atoms with Gasteiger partial charge in [0.05, 0.1) is 22.6 Å². The second-order valence-corrected chi connectivity index (χ2v) is 7.14. The van der Waals surface area contributed by atoms with E-state index >= 15 is 0 Å². The second kappa shape index (κ2) is 7.17. The highest BCUT2D eigenvalue weighted by Crippen LogP contribution is 2.16. The molecule has 2 aromatic heterocycles. The average molecular weight is 371 g/mol. The molecule has 0 spiro atoms. The molecule has 21 heavy (non-hydrogen) atoms. The van der Waals surface area contributed by atoms with Gasteiger partial charge in [-0.25, -0.2) is 9.67 Å². The summed E-state index contributed by atoms with van der Waals surface area (Å²) in [5.41, 5.74) is 1.70. The van der Waals surface area contributed by atoms with Crippen LogP contribution < -0.4 is 10.9 Å². The first kappa shape index (κ1) is 16.2. The molecule has 2 aromatic rings. The van der Waals surface area contributed by atoms with Crippen LogP contribution in [0, 0.1) is 12.8 Å². The van der Waals surface area contributed by atoms with Crippen LogP contribution in [-0.2, 0) is 13.0 Å². The molecule has 0 amide bonds. The van der Waals surface area contributed by atoms with Crippen molar-refractivity contribution in [1.29, 1.82) is 0 Å². The molecule has 7 heteroatoms.